The van der Waals surface area contributed by atoms with Crippen molar-refractivity contribution in [2.24, 2.45) is 11.8 Å². The van der Waals surface area contributed by atoms with Crippen LogP contribution in [0.25, 0.3) is 94.7 Å². The lowest BCUT2D eigenvalue weighted by molar-refractivity contribution is 0.662. The monoisotopic (exact) mass is 729 g/mol. The van der Waals surface area contributed by atoms with Crippen molar-refractivity contribution in [1.82, 2.24) is 15.0 Å². The molecule has 4 nitrogen and oxygen atoms in total. The van der Waals surface area contributed by atoms with Gasteiger partial charge in [0.1, 0.15) is 11.2 Å². The quantitative estimate of drug-likeness (QED) is 0.171. The van der Waals surface area contributed by atoms with Crippen molar-refractivity contribution in [2.45, 2.75) is 0 Å². The summed E-state index contributed by atoms with van der Waals surface area (Å²) in [5.41, 5.74) is 11.3. The van der Waals surface area contributed by atoms with Crippen LogP contribution in [0, 0.1) is 11.8 Å². The fourth-order valence-electron chi connectivity index (χ4n) is 8.44. The molecule has 0 bridgehead atoms. The Morgan fingerprint density at radius 2 is 1.09 bits per heavy atom. The lowest BCUT2D eigenvalue weighted by atomic mass is 9.81. The second-order valence-electron chi connectivity index (χ2n) is 14.7. The van der Waals surface area contributed by atoms with Gasteiger partial charge in [0.25, 0.3) is 0 Å². The summed E-state index contributed by atoms with van der Waals surface area (Å²) in [7, 11) is 0. The van der Waals surface area contributed by atoms with Gasteiger partial charge in [0, 0.05) is 39.3 Å². The molecule has 268 valence electrons. The van der Waals surface area contributed by atoms with Gasteiger partial charge in [0.05, 0.1) is 0 Å². The third kappa shape index (κ3) is 5.90. The molecule has 0 spiro atoms. The first kappa shape index (κ1) is 33.0. The van der Waals surface area contributed by atoms with Crippen molar-refractivity contribution in [1.29, 1.82) is 0 Å². The maximum Gasteiger partial charge on any atom is 0.164 e. The summed E-state index contributed by atoms with van der Waals surface area (Å²) < 4.78 is 6.59. The van der Waals surface area contributed by atoms with Gasteiger partial charge in [-0.2, -0.15) is 0 Å². The third-order valence-electron chi connectivity index (χ3n) is 11.3. The largest absolute Gasteiger partial charge is 0.456 e. The van der Waals surface area contributed by atoms with E-state index in [1.54, 1.807) is 0 Å². The first-order valence-electron chi connectivity index (χ1n) is 19.4. The highest BCUT2D eigenvalue weighted by molar-refractivity contribution is 6.12. The minimum atomic E-state index is 0.364. The topological polar surface area (TPSA) is 51.8 Å². The smallest absolute Gasteiger partial charge is 0.164 e. The Hall–Kier alpha value is -7.43. The number of hydrogen-bond donors (Lipinski definition) is 0. The zero-order chi connectivity index (χ0) is 37.7. The maximum atomic E-state index is 6.59. The summed E-state index contributed by atoms with van der Waals surface area (Å²) in [5, 5.41) is 4.43. The Morgan fingerprint density at radius 3 is 1.95 bits per heavy atom. The van der Waals surface area contributed by atoms with Crippen LogP contribution in [0.15, 0.2) is 205 Å². The number of rotatable bonds is 6. The Morgan fingerprint density at radius 1 is 0.404 bits per heavy atom. The van der Waals surface area contributed by atoms with E-state index in [4.69, 9.17) is 19.4 Å². The zero-order valence-electron chi connectivity index (χ0n) is 31.0. The average Bonchev–Trinajstić information content (AvgIpc) is 3.67. The molecule has 2 aliphatic rings. The molecule has 0 amide bonds. The highest BCUT2D eigenvalue weighted by Gasteiger charge is 2.22. The molecule has 0 saturated heterocycles. The fraction of sp³-hybridized carbons (Fsp3) is 0.0377. The van der Waals surface area contributed by atoms with E-state index < -0.39 is 0 Å². The van der Waals surface area contributed by atoms with Gasteiger partial charge in [-0.15, -0.1) is 0 Å². The predicted octanol–water partition coefficient (Wildman–Crippen LogP) is 13.6. The molecule has 0 aliphatic heterocycles. The van der Waals surface area contributed by atoms with Crippen LogP contribution >= 0.6 is 0 Å². The second-order valence-corrected chi connectivity index (χ2v) is 14.7. The highest BCUT2D eigenvalue weighted by Crippen LogP contribution is 2.41. The summed E-state index contributed by atoms with van der Waals surface area (Å²) >= 11 is 0. The van der Waals surface area contributed by atoms with Crippen LogP contribution in [0.1, 0.15) is 5.56 Å². The van der Waals surface area contributed by atoms with E-state index in [-0.39, 0.29) is 0 Å². The summed E-state index contributed by atoms with van der Waals surface area (Å²) in [5.74, 6) is 2.59. The molecule has 11 rings (SSSR count). The van der Waals surface area contributed by atoms with Crippen LogP contribution in [0.2, 0.25) is 0 Å². The molecule has 0 radical (unpaired) electrons. The molecule has 4 heteroatoms. The van der Waals surface area contributed by atoms with Crippen molar-refractivity contribution in [3.05, 3.63) is 206 Å². The van der Waals surface area contributed by atoms with Crippen LogP contribution < -0.4 is 0 Å². The molecule has 9 aromatic rings. The molecule has 0 N–H and O–H groups in total. The normalized spacial score (nSPS) is 16.0. The third-order valence-corrected chi connectivity index (χ3v) is 11.3. The first-order chi connectivity index (χ1) is 28.2. The van der Waals surface area contributed by atoms with E-state index in [0.29, 0.717) is 29.3 Å². The average molecular weight is 730 g/mol. The molecular formula is C53H35N3O. The Bertz CT molecular complexity index is 3130. The van der Waals surface area contributed by atoms with Gasteiger partial charge < -0.3 is 4.42 Å². The van der Waals surface area contributed by atoms with E-state index in [0.717, 1.165) is 60.9 Å². The molecular weight excluding hydrogens is 695 g/mol. The van der Waals surface area contributed by atoms with E-state index >= 15 is 0 Å². The van der Waals surface area contributed by atoms with Gasteiger partial charge in [-0.3, -0.25) is 0 Å². The Balaban J connectivity index is 1.07. The SMILES string of the molecule is C1=CC2C=CC(c3ccc4c(c3)oc3cccc(-c5nc(-c6ccccc6)nc(-c6ccc(-c7cccc8ccccc78)c(-c7ccccc7)c6)n5)c34)=CC2C=C1. The highest BCUT2D eigenvalue weighted by atomic mass is 16.3. The number of furan rings is 1. The van der Waals surface area contributed by atoms with Gasteiger partial charge in [0.2, 0.25) is 0 Å². The Kier molecular flexibility index (Phi) is 7.92. The molecule has 2 aromatic heterocycles. The number of hydrogen-bond acceptors (Lipinski definition) is 4. The van der Waals surface area contributed by atoms with Crippen LogP contribution in [0.3, 0.4) is 0 Å². The van der Waals surface area contributed by atoms with E-state index in [1.807, 2.05) is 42.5 Å². The van der Waals surface area contributed by atoms with Crippen molar-refractivity contribution < 1.29 is 4.42 Å². The second kappa shape index (κ2) is 13.7. The molecule has 2 aliphatic carbocycles. The molecule has 0 saturated carbocycles. The molecule has 57 heavy (non-hydrogen) atoms. The number of nitrogens with zero attached hydrogens (tertiary/aromatic N) is 3. The Labute approximate surface area is 330 Å². The van der Waals surface area contributed by atoms with E-state index in [2.05, 4.69) is 158 Å². The van der Waals surface area contributed by atoms with Crippen molar-refractivity contribution in [3.63, 3.8) is 0 Å². The molecule has 2 unspecified atom stereocenters. The van der Waals surface area contributed by atoms with Crippen molar-refractivity contribution >= 4 is 38.3 Å². The minimum absolute atomic E-state index is 0.364. The van der Waals surface area contributed by atoms with E-state index in [1.165, 1.54) is 21.9 Å². The van der Waals surface area contributed by atoms with Crippen LogP contribution in [0.4, 0.5) is 0 Å². The van der Waals surface area contributed by atoms with Crippen molar-refractivity contribution in [2.75, 3.05) is 0 Å². The summed E-state index contributed by atoms with van der Waals surface area (Å²) in [6.45, 7) is 0. The fourth-order valence-corrected chi connectivity index (χ4v) is 8.44. The predicted molar refractivity (Wildman–Crippen MR) is 234 cm³/mol. The summed E-state index contributed by atoms with van der Waals surface area (Å²) in [6, 6.07) is 55.1. The lowest BCUT2D eigenvalue weighted by Crippen LogP contribution is -2.11. The standard InChI is InChI=1S/C53H35N3O/c1-3-14-36(15-4-1)47-32-41(28-29-44(47)43-22-11-20-35-16-9-10-21-42(35)43)52-54-51(37-17-5-2-6-18-37)55-53(56-52)46-23-12-24-48-50(46)45-30-27-40(33-49(45)57-48)39-26-25-34-13-7-8-19-38(34)31-39/h1-34,38H. The van der Waals surface area contributed by atoms with Gasteiger partial charge in [-0.25, -0.2) is 15.0 Å². The van der Waals surface area contributed by atoms with Crippen molar-refractivity contribution in [3.8, 4) is 56.4 Å². The minimum Gasteiger partial charge on any atom is -0.456 e. The molecule has 2 atom stereocenters. The lowest BCUT2D eigenvalue weighted by Gasteiger charge is -2.23. The molecule has 2 heterocycles. The number of aromatic nitrogens is 3. The maximum absolute atomic E-state index is 6.59. The van der Waals surface area contributed by atoms with Crippen LogP contribution in [0.5, 0.6) is 0 Å². The summed E-state index contributed by atoms with van der Waals surface area (Å²) in [4.78, 5) is 15.6. The molecule has 0 fully saturated rings. The summed E-state index contributed by atoms with van der Waals surface area (Å²) in [6.07, 6.45) is 15.7. The first-order valence-corrected chi connectivity index (χ1v) is 19.4. The zero-order valence-corrected chi connectivity index (χ0v) is 31.0. The number of fused-ring (bicyclic) bond motifs is 5. The van der Waals surface area contributed by atoms with E-state index in [9.17, 15) is 0 Å². The number of allylic oxidation sites excluding steroid dienone is 8. The van der Waals surface area contributed by atoms with Gasteiger partial charge in [-0.1, -0.05) is 176 Å². The molecule has 7 aromatic carbocycles. The number of benzene rings is 7. The van der Waals surface area contributed by atoms with Crippen LogP contribution in [-0.2, 0) is 0 Å². The van der Waals surface area contributed by atoms with Gasteiger partial charge in [-0.05, 0) is 68.4 Å². The van der Waals surface area contributed by atoms with Crippen LogP contribution in [-0.4, -0.2) is 15.0 Å². The van der Waals surface area contributed by atoms with Gasteiger partial charge >= 0.3 is 0 Å². The van der Waals surface area contributed by atoms with Gasteiger partial charge in [0.15, 0.2) is 17.5 Å².